The lowest BCUT2D eigenvalue weighted by Gasteiger charge is -2.39. The third kappa shape index (κ3) is 5.93. The molecule has 2 aromatic rings. The number of nitrogens with one attached hydrogen (secondary N) is 1. The third-order valence-corrected chi connectivity index (χ3v) is 7.57. The van der Waals surface area contributed by atoms with Crippen molar-refractivity contribution in [1.82, 2.24) is 9.62 Å². The molecule has 0 spiro atoms. The fraction of sp³-hybridized carbons (Fsp3) is 0.520. The molecule has 3 atom stereocenters. The van der Waals surface area contributed by atoms with Crippen LogP contribution in [0, 0.1) is 11.7 Å². The number of likely N-dealkylation sites (tertiary alicyclic amines) is 1. The van der Waals surface area contributed by atoms with E-state index in [1.165, 1.54) is 5.56 Å². The molecular formula is C25H31FN2O4S. The molecule has 0 amide bonds. The van der Waals surface area contributed by atoms with Gasteiger partial charge in [-0.3, -0.25) is 4.72 Å². The molecule has 8 heteroatoms. The zero-order chi connectivity index (χ0) is 22.5. The van der Waals surface area contributed by atoms with Crippen LogP contribution >= 0.6 is 11.9 Å². The lowest BCUT2D eigenvalue weighted by Crippen LogP contribution is -2.42. The Hall–Kier alpha value is -2.00. The zero-order valence-corrected chi connectivity index (χ0v) is 19.5. The van der Waals surface area contributed by atoms with Gasteiger partial charge in [0.1, 0.15) is 17.0 Å². The van der Waals surface area contributed by atoms with Gasteiger partial charge in [0.25, 0.3) is 0 Å². The molecule has 1 unspecified atom stereocenters. The fourth-order valence-corrected chi connectivity index (χ4v) is 5.68. The van der Waals surface area contributed by atoms with Gasteiger partial charge in [-0.25, -0.2) is 4.39 Å². The summed E-state index contributed by atoms with van der Waals surface area (Å²) in [5.41, 5.74) is 1.44. The largest absolute Gasteiger partial charge is 0.493 e. The number of hydrogen-bond donors (Lipinski definition) is 1. The van der Waals surface area contributed by atoms with Gasteiger partial charge in [0.15, 0.2) is 11.5 Å². The molecule has 0 aromatic heterocycles. The van der Waals surface area contributed by atoms with Crippen LogP contribution in [0.3, 0.4) is 0 Å². The number of rotatable bonds is 8. The molecule has 1 N–H and O–H groups in total. The highest BCUT2D eigenvalue weighted by atomic mass is 32.2. The lowest BCUT2D eigenvalue weighted by molar-refractivity contribution is 0.0871. The highest BCUT2D eigenvalue weighted by Gasteiger charge is 2.31. The van der Waals surface area contributed by atoms with Gasteiger partial charge in [-0.05, 0) is 80.0 Å². The molecule has 3 aliphatic rings. The summed E-state index contributed by atoms with van der Waals surface area (Å²) in [4.78, 5) is 2.54. The fourth-order valence-electron chi connectivity index (χ4n) is 4.84. The monoisotopic (exact) mass is 474 g/mol. The quantitative estimate of drug-likeness (QED) is 0.569. The van der Waals surface area contributed by atoms with E-state index in [1.54, 1.807) is 24.1 Å². The van der Waals surface area contributed by atoms with Crippen LogP contribution in [0.5, 0.6) is 17.2 Å². The second-order valence-corrected chi connectivity index (χ2v) is 9.84. The smallest absolute Gasteiger partial charge is 0.231 e. The maximum atomic E-state index is 13.5. The van der Waals surface area contributed by atoms with Gasteiger partial charge in [0.2, 0.25) is 6.79 Å². The van der Waals surface area contributed by atoms with Gasteiger partial charge in [-0.15, -0.1) is 0 Å². The SMILES string of the molecule is Fc1ccc([C@@H]2CCN(CCCC3OCCNS3)C[C@H]2COc2ccc3c(c2)OCO3)cc1. The Morgan fingerprint density at radius 3 is 2.85 bits per heavy atom. The van der Waals surface area contributed by atoms with E-state index in [1.807, 2.05) is 30.3 Å². The molecule has 3 aliphatic heterocycles. The Balaban J connectivity index is 1.21. The normalized spacial score (nSPS) is 25.2. The summed E-state index contributed by atoms with van der Waals surface area (Å²) in [6, 6.07) is 12.7. The summed E-state index contributed by atoms with van der Waals surface area (Å²) >= 11 is 1.70. The Morgan fingerprint density at radius 1 is 1.12 bits per heavy atom. The second kappa shape index (κ2) is 11.0. The highest BCUT2D eigenvalue weighted by Crippen LogP contribution is 2.37. The topological polar surface area (TPSA) is 52.2 Å². The average molecular weight is 475 g/mol. The number of halogens is 1. The predicted molar refractivity (Wildman–Crippen MR) is 126 cm³/mol. The van der Waals surface area contributed by atoms with Crippen molar-refractivity contribution in [3.05, 3.63) is 53.8 Å². The average Bonchev–Trinajstić information content (AvgIpc) is 3.32. The van der Waals surface area contributed by atoms with Crippen LogP contribution in [-0.4, -0.2) is 56.5 Å². The van der Waals surface area contributed by atoms with Gasteiger partial charge in [-0.1, -0.05) is 12.1 Å². The lowest BCUT2D eigenvalue weighted by atomic mass is 9.80. The molecule has 33 heavy (non-hydrogen) atoms. The molecular weight excluding hydrogens is 443 g/mol. The predicted octanol–water partition coefficient (Wildman–Crippen LogP) is 4.41. The Bertz CT molecular complexity index is 910. The third-order valence-electron chi connectivity index (χ3n) is 6.56. The standard InChI is InChI=1S/C25H31FN2O4S/c26-20-5-3-18(4-6-20)22-9-12-28(11-1-2-25-29-13-10-27-33-25)15-19(22)16-30-21-7-8-23-24(14-21)32-17-31-23/h3-8,14,19,22,25,27H,1-2,9-13,15-17H2/t19-,22-,25?/m0/s1. The molecule has 0 aliphatic carbocycles. The number of ether oxygens (including phenoxy) is 4. The minimum Gasteiger partial charge on any atom is -0.493 e. The summed E-state index contributed by atoms with van der Waals surface area (Å²) in [5, 5.41) is 0. The minimum absolute atomic E-state index is 0.193. The Labute approximate surface area is 198 Å². The molecule has 6 nitrogen and oxygen atoms in total. The van der Waals surface area contributed by atoms with Crippen LogP contribution in [0.4, 0.5) is 4.39 Å². The molecule has 2 aromatic carbocycles. The Kier molecular flexibility index (Phi) is 7.56. The summed E-state index contributed by atoms with van der Waals surface area (Å²) in [6.07, 6.45) is 3.20. The van der Waals surface area contributed by atoms with E-state index in [9.17, 15) is 4.39 Å². The highest BCUT2D eigenvalue weighted by molar-refractivity contribution is 7.97. The van der Waals surface area contributed by atoms with Gasteiger partial charge in [0.05, 0.1) is 13.2 Å². The van der Waals surface area contributed by atoms with E-state index >= 15 is 0 Å². The van der Waals surface area contributed by atoms with Crippen molar-refractivity contribution in [2.45, 2.75) is 30.6 Å². The van der Waals surface area contributed by atoms with Gasteiger partial charge in [0, 0.05) is 25.1 Å². The maximum Gasteiger partial charge on any atom is 0.231 e. The molecule has 2 saturated heterocycles. The molecule has 178 valence electrons. The summed E-state index contributed by atoms with van der Waals surface area (Å²) < 4.78 is 39.7. The zero-order valence-electron chi connectivity index (χ0n) is 18.7. The molecule has 3 heterocycles. The number of piperidine rings is 1. The number of fused-ring (bicyclic) bond motifs is 1. The van der Waals surface area contributed by atoms with Gasteiger partial charge >= 0.3 is 0 Å². The first-order chi connectivity index (χ1) is 16.2. The molecule has 5 rings (SSSR count). The van der Waals surface area contributed by atoms with Crippen LogP contribution in [0.1, 0.15) is 30.7 Å². The number of hydrogen-bond acceptors (Lipinski definition) is 7. The molecule has 2 fully saturated rings. The van der Waals surface area contributed by atoms with Crippen LogP contribution < -0.4 is 18.9 Å². The van der Waals surface area contributed by atoms with E-state index in [4.69, 9.17) is 18.9 Å². The van der Waals surface area contributed by atoms with Crippen molar-refractivity contribution in [2.75, 3.05) is 46.2 Å². The van der Waals surface area contributed by atoms with Crippen LogP contribution in [-0.2, 0) is 4.74 Å². The number of nitrogens with zero attached hydrogens (tertiary/aromatic N) is 1. The van der Waals surface area contributed by atoms with Gasteiger partial charge in [-0.2, -0.15) is 0 Å². The summed E-state index contributed by atoms with van der Waals surface area (Å²) in [6.45, 7) is 5.62. The summed E-state index contributed by atoms with van der Waals surface area (Å²) in [7, 11) is 0. The van der Waals surface area contributed by atoms with Crippen molar-refractivity contribution in [3.8, 4) is 17.2 Å². The molecule has 0 radical (unpaired) electrons. The van der Waals surface area contributed by atoms with Crippen LogP contribution in [0.15, 0.2) is 42.5 Å². The maximum absolute atomic E-state index is 13.5. The summed E-state index contributed by atoms with van der Waals surface area (Å²) in [5.74, 6) is 2.74. The molecule has 0 saturated carbocycles. The van der Waals surface area contributed by atoms with E-state index in [0.29, 0.717) is 18.4 Å². The first-order valence-corrected chi connectivity index (χ1v) is 12.6. The van der Waals surface area contributed by atoms with E-state index in [-0.39, 0.29) is 18.0 Å². The Morgan fingerprint density at radius 2 is 2.00 bits per heavy atom. The van der Waals surface area contributed by atoms with Crippen LogP contribution in [0.25, 0.3) is 0 Å². The van der Waals surface area contributed by atoms with E-state index in [0.717, 1.165) is 69.3 Å². The van der Waals surface area contributed by atoms with E-state index < -0.39 is 0 Å². The van der Waals surface area contributed by atoms with Crippen molar-refractivity contribution in [1.29, 1.82) is 0 Å². The second-order valence-electron chi connectivity index (χ2n) is 8.79. The van der Waals surface area contributed by atoms with Crippen molar-refractivity contribution < 1.29 is 23.3 Å². The minimum atomic E-state index is -0.193. The van der Waals surface area contributed by atoms with E-state index in [2.05, 4.69) is 9.62 Å². The number of benzene rings is 2. The van der Waals surface area contributed by atoms with Gasteiger partial charge < -0.3 is 23.8 Å². The van der Waals surface area contributed by atoms with Crippen LogP contribution in [0.2, 0.25) is 0 Å². The molecule has 0 bridgehead atoms. The van der Waals surface area contributed by atoms with Crippen molar-refractivity contribution >= 4 is 11.9 Å². The first kappa shape index (κ1) is 22.8. The van der Waals surface area contributed by atoms with Crippen molar-refractivity contribution in [3.63, 3.8) is 0 Å². The first-order valence-electron chi connectivity index (χ1n) is 11.7. The van der Waals surface area contributed by atoms with Crippen molar-refractivity contribution in [2.24, 2.45) is 5.92 Å².